The molecule has 0 bridgehead atoms. The van der Waals surface area contributed by atoms with Crippen molar-refractivity contribution < 1.29 is 14.5 Å². The molecule has 1 aliphatic rings. The predicted octanol–water partition coefficient (Wildman–Crippen LogP) is 4.23. The second kappa shape index (κ2) is 10.4. The molecule has 1 unspecified atom stereocenters. The first kappa shape index (κ1) is 22.1. The van der Waals surface area contributed by atoms with Gasteiger partial charge in [0.15, 0.2) is 0 Å². The molecular weight excluding hydrogens is 382 g/mol. The molecule has 1 fully saturated rings. The first-order valence-corrected chi connectivity index (χ1v) is 10.2. The number of rotatable bonds is 6. The zero-order valence-corrected chi connectivity index (χ0v) is 17.1. The standard InChI is InChI=1S/C20H28ClN3O4/c1-13(2)18(20(26)22-15-8-6-4-3-5-7-9-15)23-19(25)14-10-11-16(21)17(12-14)24(27)28/h10-13,15,18H,3-9H2,1-2H3,(H,22,26)(H,23,25). The Bertz CT molecular complexity index is 715. The number of hydrogen-bond acceptors (Lipinski definition) is 4. The Kier molecular flexibility index (Phi) is 8.23. The quantitative estimate of drug-likeness (QED) is 0.542. The number of hydrogen-bond donors (Lipinski definition) is 2. The van der Waals surface area contributed by atoms with Crippen molar-refractivity contribution in [3.05, 3.63) is 38.9 Å². The van der Waals surface area contributed by atoms with Crippen LogP contribution in [0.3, 0.4) is 0 Å². The highest BCUT2D eigenvalue weighted by molar-refractivity contribution is 6.32. The van der Waals surface area contributed by atoms with Crippen molar-refractivity contribution in [2.45, 2.75) is 70.9 Å². The number of carbonyl (C=O) groups is 2. The summed E-state index contributed by atoms with van der Waals surface area (Å²) < 4.78 is 0. The maximum absolute atomic E-state index is 12.8. The van der Waals surface area contributed by atoms with E-state index in [0.29, 0.717) is 0 Å². The molecule has 1 aromatic rings. The number of amides is 2. The van der Waals surface area contributed by atoms with Crippen LogP contribution in [0.25, 0.3) is 0 Å². The van der Waals surface area contributed by atoms with Crippen LogP contribution in [0, 0.1) is 16.0 Å². The lowest BCUT2D eigenvalue weighted by Gasteiger charge is -2.26. The second-order valence-corrected chi connectivity index (χ2v) is 8.08. The van der Waals surface area contributed by atoms with Crippen molar-refractivity contribution in [2.75, 3.05) is 0 Å². The number of nitrogens with zero attached hydrogens (tertiary/aromatic N) is 1. The van der Waals surface area contributed by atoms with Crippen LogP contribution in [-0.2, 0) is 4.79 Å². The van der Waals surface area contributed by atoms with E-state index in [-0.39, 0.29) is 34.1 Å². The summed E-state index contributed by atoms with van der Waals surface area (Å²) in [6, 6.07) is 3.26. The summed E-state index contributed by atoms with van der Waals surface area (Å²) >= 11 is 5.80. The van der Waals surface area contributed by atoms with Crippen LogP contribution in [0.1, 0.15) is 69.2 Å². The largest absolute Gasteiger partial charge is 0.352 e. The van der Waals surface area contributed by atoms with Crippen LogP contribution in [0.4, 0.5) is 5.69 Å². The van der Waals surface area contributed by atoms with Crippen LogP contribution < -0.4 is 10.6 Å². The highest BCUT2D eigenvalue weighted by Gasteiger charge is 2.27. The molecule has 1 atom stereocenters. The fraction of sp³-hybridized carbons (Fsp3) is 0.600. The van der Waals surface area contributed by atoms with Crippen molar-refractivity contribution >= 4 is 29.1 Å². The topological polar surface area (TPSA) is 101 Å². The van der Waals surface area contributed by atoms with Gasteiger partial charge in [-0.3, -0.25) is 19.7 Å². The Morgan fingerprint density at radius 2 is 1.75 bits per heavy atom. The smallest absolute Gasteiger partial charge is 0.288 e. The van der Waals surface area contributed by atoms with E-state index in [2.05, 4.69) is 10.6 Å². The maximum atomic E-state index is 12.8. The van der Waals surface area contributed by atoms with E-state index in [1.54, 1.807) is 0 Å². The molecule has 28 heavy (non-hydrogen) atoms. The van der Waals surface area contributed by atoms with Crippen LogP contribution in [-0.4, -0.2) is 28.8 Å². The average molecular weight is 410 g/mol. The molecule has 0 saturated heterocycles. The molecule has 1 aliphatic carbocycles. The van der Waals surface area contributed by atoms with E-state index >= 15 is 0 Å². The lowest BCUT2D eigenvalue weighted by atomic mass is 9.95. The Morgan fingerprint density at radius 3 is 2.32 bits per heavy atom. The Hall–Kier alpha value is -2.15. The molecule has 2 rings (SSSR count). The van der Waals surface area contributed by atoms with Gasteiger partial charge in [-0.25, -0.2) is 0 Å². The third-order valence-electron chi connectivity index (χ3n) is 5.09. The minimum atomic E-state index is -0.715. The zero-order valence-electron chi connectivity index (χ0n) is 16.4. The van der Waals surface area contributed by atoms with Gasteiger partial charge in [0.2, 0.25) is 5.91 Å². The third-order valence-corrected chi connectivity index (χ3v) is 5.41. The third kappa shape index (κ3) is 6.19. The van der Waals surface area contributed by atoms with E-state index in [1.807, 2.05) is 13.8 Å². The van der Waals surface area contributed by atoms with Gasteiger partial charge in [-0.05, 0) is 30.9 Å². The number of carbonyl (C=O) groups excluding carboxylic acids is 2. The molecule has 0 radical (unpaired) electrons. The van der Waals surface area contributed by atoms with Crippen molar-refractivity contribution in [3.63, 3.8) is 0 Å². The highest BCUT2D eigenvalue weighted by atomic mass is 35.5. The summed E-state index contributed by atoms with van der Waals surface area (Å²) in [5.74, 6) is -0.872. The molecule has 0 aromatic heterocycles. The number of halogens is 1. The van der Waals surface area contributed by atoms with Crippen molar-refractivity contribution in [2.24, 2.45) is 5.92 Å². The van der Waals surface area contributed by atoms with Gasteiger partial charge in [0.05, 0.1) is 4.92 Å². The molecule has 1 aromatic carbocycles. The lowest BCUT2D eigenvalue weighted by Crippen LogP contribution is -2.52. The molecule has 2 amide bonds. The SMILES string of the molecule is CC(C)C(NC(=O)c1ccc(Cl)c([N+](=O)[O-])c1)C(=O)NC1CCCCCCC1. The Morgan fingerprint density at radius 1 is 1.14 bits per heavy atom. The molecule has 8 heteroatoms. The predicted molar refractivity (Wildman–Crippen MR) is 108 cm³/mol. The highest BCUT2D eigenvalue weighted by Crippen LogP contribution is 2.25. The summed E-state index contributed by atoms with van der Waals surface area (Å²) in [6.45, 7) is 3.71. The van der Waals surface area contributed by atoms with Gasteiger partial charge in [-0.15, -0.1) is 0 Å². The molecule has 2 N–H and O–H groups in total. The summed E-state index contributed by atoms with van der Waals surface area (Å²) in [7, 11) is 0. The lowest BCUT2D eigenvalue weighted by molar-refractivity contribution is -0.384. The van der Waals surface area contributed by atoms with Gasteiger partial charge in [-0.2, -0.15) is 0 Å². The molecule has 1 saturated carbocycles. The van der Waals surface area contributed by atoms with Gasteiger partial charge in [0.1, 0.15) is 11.1 Å². The fourth-order valence-electron chi connectivity index (χ4n) is 3.44. The molecule has 7 nitrogen and oxygen atoms in total. The van der Waals surface area contributed by atoms with Gasteiger partial charge < -0.3 is 10.6 Å². The van der Waals surface area contributed by atoms with Crippen molar-refractivity contribution in [1.82, 2.24) is 10.6 Å². The normalized spacial score (nSPS) is 16.7. The van der Waals surface area contributed by atoms with E-state index in [9.17, 15) is 19.7 Å². The Balaban J connectivity index is 2.06. The summed E-state index contributed by atoms with van der Waals surface area (Å²) in [6.07, 6.45) is 7.72. The molecule has 0 aliphatic heterocycles. The minimum absolute atomic E-state index is 0.0380. The van der Waals surface area contributed by atoms with E-state index in [0.717, 1.165) is 31.7 Å². The Labute approximate surface area is 170 Å². The number of nitrogens with one attached hydrogen (secondary N) is 2. The summed E-state index contributed by atoms with van der Waals surface area (Å²) in [4.78, 5) is 35.8. The van der Waals surface area contributed by atoms with Gasteiger partial charge in [0, 0.05) is 17.7 Å². The zero-order chi connectivity index (χ0) is 20.7. The van der Waals surface area contributed by atoms with Crippen molar-refractivity contribution in [3.8, 4) is 0 Å². The summed E-state index contributed by atoms with van der Waals surface area (Å²) in [5, 5.41) is 16.8. The van der Waals surface area contributed by atoms with E-state index in [4.69, 9.17) is 11.6 Å². The molecule has 0 spiro atoms. The monoisotopic (exact) mass is 409 g/mol. The van der Waals surface area contributed by atoms with Crippen LogP contribution in [0.5, 0.6) is 0 Å². The number of nitro benzene ring substituents is 1. The van der Waals surface area contributed by atoms with Gasteiger partial charge in [-0.1, -0.05) is 57.6 Å². The van der Waals surface area contributed by atoms with Crippen LogP contribution in [0.2, 0.25) is 5.02 Å². The van der Waals surface area contributed by atoms with Crippen LogP contribution >= 0.6 is 11.6 Å². The minimum Gasteiger partial charge on any atom is -0.352 e. The van der Waals surface area contributed by atoms with Crippen molar-refractivity contribution in [1.29, 1.82) is 0 Å². The van der Waals surface area contributed by atoms with Crippen LogP contribution in [0.15, 0.2) is 18.2 Å². The molecule has 0 heterocycles. The summed E-state index contributed by atoms with van der Waals surface area (Å²) in [5.41, 5.74) is -0.241. The second-order valence-electron chi connectivity index (χ2n) is 7.67. The van der Waals surface area contributed by atoms with Gasteiger partial charge >= 0.3 is 0 Å². The number of nitro groups is 1. The fourth-order valence-corrected chi connectivity index (χ4v) is 3.63. The first-order chi connectivity index (χ1) is 13.3. The average Bonchev–Trinajstić information content (AvgIpc) is 2.61. The first-order valence-electron chi connectivity index (χ1n) is 9.84. The van der Waals surface area contributed by atoms with Gasteiger partial charge in [0.25, 0.3) is 11.6 Å². The van der Waals surface area contributed by atoms with E-state index in [1.165, 1.54) is 31.4 Å². The maximum Gasteiger partial charge on any atom is 0.288 e. The molecule has 154 valence electrons. The number of benzene rings is 1. The van der Waals surface area contributed by atoms with E-state index < -0.39 is 16.9 Å². The molecular formula is C20H28ClN3O4.